The molecule has 122 valence electrons. The van der Waals surface area contributed by atoms with E-state index in [4.69, 9.17) is 0 Å². The van der Waals surface area contributed by atoms with Crippen molar-refractivity contribution in [2.75, 3.05) is 5.75 Å². The number of hydrogen-bond acceptors (Lipinski definition) is 3. The molecule has 0 radical (unpaired) electrons. The maximum atomic E-state index is 12.2. The fourth-order valence-corrected chi connectivity index (χ4v) is 4.58. The van der Waals surface area contributed by atoms with Crippen molar-refractivity contribution in [1.82, 2.24) is 4.98 Å². The summed E-state index contributed by atoms with van der Waals surface area (Å²) in [5, 5.41) is 11.5. The molecular weight excluding hydrogens is 318 g/mol. The van der Waals surface area contributed by atoms with Crippen LogP contribution in [0.5, 0.6) is 5.75 Å². The Morgan fingerprint density at radius 2 is 1.96 bits per heavy atom. The number of phenolic OH excluding ortho intramolecular Hbond substituents is 1. The average Bonchev–Trinajstić information content (AvgIpc) is 3.07. The second-order valence-electron chi connectivity index (χ2n) is 6.19. The van der Waals surface area contributed by atoms with Gasteiger partial charge in [0.1, 0.15) is 5.75 Å². The van der Waals surface area contributed by atoms with Crippen LogP contribution in [0.2, 0.25) is 0 Å². The minimum Gasteiger partial charge on any atom is -0.507 e. The van der Waals surface area contributed by atoms with Crippen molar-refractivity contribution in [3.63, 3.8) is 0 Å². The first-order chi connectivity index (χ1) is 11.7. The normalized spacial score (nSPS) is 13.4. The third-order valence-electron chi connectivity index (χ3n) is 4.59. The van der Waals surface area contributed by atoms with Crippen molar-refractivity contribution >= 4 is 22.7 Å². The lowest BCUT2D eigenvalue weighted by molar-refractivity contribution is 0.478. The van der Waals surface area contributed by atoms with Gasteiger partial charge in [-0.3, -0.25) is 4.79 Å². The SMILES string of the molecule is CCCc1ccc(-c2c(O)ccc3[nH]c(=O)c4c(c23)CCS4)cc1. The van der Waals surface area contributed by atoms with Crippen LogP contribution >= 0.6 is 11.8 Å². The number of aromatic nitrogens is 1. The number of benzene rings is 2. The number of fused-ring (bicyclic) bond motifs is 3. The standard InChI is InChI=1S/C20H19NO2S/c1-2-3-12-4-6-13(7-5-12)17-16(22)9-8-15-18(17)14-10-11-24-19(14)20(23)21-15/h4-9,22H,2-3,10-11H2,1H3,(H,21,23). The van der Waals surface area contributed by atoms with Gasteiger partial charge in [0.05, 0.1) is 4.90 Å². The Labute approximate surface area is 144 Å². The Kier molecular flexibility index (Phi) is 3.85. The molecule has 0 aliphatic carbocycles. The van der Waals surface area contributed by atoms with Gasteiger partial charge in [0.2, 0.25) is 0 Å². The Balaban J connectivity index is 1.99. The average molecular weight is 337 g/mol. The summed E-state index contributed by atoms with van der Waals surface area (Å²) in [6, 6.07) is 11.8. The van der Waals surface area contributed by atoms with Gasteiger partial charge in [-0.1, -0.05) is 37.6 Å². The molecule has 0 fully saturated rings. The van der Waals surface area contributed by atoms with E-state index < -0.39 is 0 Å². The third-order valence-corrected chi connectivity index (χ3v) is 5.72. The number of thioether (sulfide) groups is 1. The van der Waals surface area contributed by atoms with Gasteiger partial charge in [-0.25, -0.2) is 0 Å². The van der Waals surface area contributed by atoms with Crippen LogP contribution in [0.3, 0.4) is 0 Å². The van der Waals surface area contributed by atoms with Crippen molar-refractivity contribution in [2.24, 2.45) is 0 Å². The number of rotatable bonds is 3. The number of aryl methyl sites for hydroxylation is 2. The first kappa shape index (κ1) is 15.3. The van der Waals surface area contributed by atoms with Gasteiger partial charge >= 0.3 is 0 Å². The summed E-state index contributed by atoms with van der Waals surface area (Å²) >= 11 is 1.60. The maximum Gasteiger partial charge on any atom is 0.262 e. The van der Waals surface area contributed by atoms with Gasteiger partial charge in [-0.05, 0) is 41.7 Å². The molecule has 4 rings (SSSR count). The van der Waals surface area contributed by atoms with Crippen LogP contribution in [0.1, 0.15) is 24.5 Å². The summed E-state index contributed by atoms with van der Waals surface area (Å²) in [7, 11) is 0. The molecule has 0 atom stereocenters. The molecule has 2 heterocycles. The molecule has 0 bridgehead atoms. The van der Waals surface area contributed by atoms with Crippen LogP contribution in [-0.4, -0.2) is 15.8 Å². The highest BCUT2D eigenvalue weighted by molar-refractivity contribution is 7.99. The van der Waals surface area contributed by atoms with E-state index >= 15 is 0 Å². The zero-order chi connectivity index (χ0) is 16.7. The van der Waals surface area contributed by atoms with Crippen molar-refractivity contribution in [3.8, 4) is 16.9 Å². The number of aromatic hydroxyl groups is 1. The molecule has 3 nitrogen and oxygen atoms in total. The van der Waals surface area contributed by atoms with Crippen LogP contribution in [0.15, 0.2) is 46.1 Å². The first-order valence-electron chi connectivity index (χ1n) is 8.32. The quantitative estimate of drug-likeness (QED) is 0.740. The van der Waals surface area contributed by atoms with Crippen molar-refractivity contribution in [3.05, 3.63) is 57.9 Å². The molecule has 0 saturated carbocycles. The minimum atomic E-state index is -0.0186. The van der Waals surface area contributed by atoms with E-state index in [0.717, 1.165) is 57.5 Å². The number of pyridine rings is 1. The fraction of sp³-hybridized carbons (Fsp3) is 0.250. The zero-order valence-electron chi connectivity index (χ0n) is 13.6. The van der Waals surface area contributed by atoms with Crippen molar-refractivity contribution in [1.29, 1.82) is 0 Å². The molecule has 0 unspecified atom stereocenters. The van der Waals surface area contributed by atoms with Crippen LogP contribution in [-0.2, 0) is 12.8 Å². The minimum absolute atomic E-state index is 0.0186. The number of aromatic amines is 1. The molecule has 1 aromatic heterocycles. The van der Waals surface area contributed by atoms with Gasteiger partial charge in [0.15, 0.2) is 0 Å². The summed E-state index contributed by atoms with van der Waals surface area (Å²) in [5.74, 6) is 1.18. The second-order valence-corrected chi connectivity index (χ2v) is 7.29. The third kappa shape index (κ3) is 2.42. The summed E-state index contributed by atoms with van der Waals surface area (Å²) in [6.45, 7) is 2.17. The highest BCUT2D eigenvalue weighted by Crippen LogP contribution is 2.41. The molecule has 3 aromatic rings. The van der Waals surface area contributed by atoms with Gasteiger partial charge in [-0.15, -0.1) is 11.8 Å². The molecule has 1 aliphatic heterocycles. The number of phenols is 1. The maximum absolute atomic E-state index is 12.2. The lowest BCUT2D eigenvalue weighted by atomic mass is 9.94. The Morgan fingerprint density at radius 1 is 1.17 bits per heavy atom. The van der Waals surface area contributed by atoms with Gasteiger partial charge in [0.25, 0.3) is 5.56 Å². The molecule has 24 heavy (non-hydrogen) atoms. The number of nitrogens with one attached hydrogen (secondary N) is 1. The Morgan fingerprint density at radius 3 is 2.71 bits per heavy atom. The molecular formula is C20H19NO2S. The lowest BCUT2D eigenvalue weighted by Crippen LogP contribution is -2.09. The van der Waals surface area contributed by atoms with Crippen LogP contribution in [0.25, 0.3) is 22.0 Å². The molecule has 2 N–H and O–H groups in total. The summed E-state index contributed by atoms with van der Waals surface area (Å²) < 4.78 is 0. The monoisotopic (exact) mass is 337 g/mol. The highest BCUT2D eigenvalue weighted by atomic mass is 32.2. The van der Waals surface area contributed by atoms with Crippen LogP contribution in [0.4, 0.5) is 0 Å². The molecule has 0 amide bonds. The first-order valence-corrected chi connectivity index (χ1v) is 9.30. The predicted octanol–water partition coefficient (Wildman–Crippen LogP) is 4.50. The summed E-state index contributed by atoms with van der Waals surface area (Å²) in [6.07, 6.45) is 3.04. The number of hydrogen-bond donors (Lipinski definition) is 2. The lowest BCUT2D eigenvalue weighted by Gasteiger charge is -2.13. The molecule has 4 heteroatoms. The van der Waals surface area contributed by atoms with Crippen molar-refractivity contribution < 1.29 is 5.11 Å². The van der Waals surface area contributed by atoms with E-state index in [1.165, 1.54) is 5.56 Å². The fourth-order valence-electron chi connectivity index (χ4n) is 3.50. The largest absolute Gasteiger partial charge is 0.507 e. The van der Waals surface area contributed by atoms with E-state index in [1.807, 2.05) is 0 Å². The van der Waals surface area contributed by atoms with E-state index in [-0.39, 0.29) is 11.3 Å². The highest BCUT2D eigenvalue weighted by Gasteiger charge is 2.22. The van der Waals surface area contributed by atoms with Crippen LogP contribution in [0, 0.1) is 0 Å². The molecule has 2 aromatic carbocycles. The van der Waals surface area contributed by atoms with Gasteiger partial charge in [-0.2, -0.15) is 0 Å². The Bertz CT molecular complexity index is 974. The zero-order valence-corrected chi connectivity index (χ0v) is 14.4. The predicted molar refractivity (Wildman–Crippen MR) is 100 cm³/mol. The van der Waals surface area contributed by atoms with Crippen LogP contribution < -0.4 is 5.56 Å². The van der Waals surface area contributed by atoms with E-state index in [2.05, 4.69) is 36.2 Å². The smallest absolute Gasteiger partial charge is 0.262 e. The summed E-state index contributed by atoms with van der Waals surface area (Å²) in [4.78, 5) is 16.0. The molecule has 1 aliphatic rings. The van der Waals surface area contributed by atoms with Gasteiger partial charge < -0.3 is 10.1 Å². The number of H-pyrrole nitrogens is 1. The van der Waals surface area contributed by atoms with E-state index in [0.29, 0.717) is 0 Å². The second kappa shape index (κ2) is 6.02. The van der Waals surface area contributed by atoms with Crippen molar-refractivity contribution in [2.45, 2.75) is 31.1 Å². The topological polar surface area (TPSA) is 53.1 Å². The van der Waals surface area contributed by atoms with E-state index in [9.17, 15) is 9.90 Å². The Hall–Kier alpha value is -2.20. The molecule has 0 saturated heterocycles. The van der Waals surface area contributed by atoms with E-state index in [1.54, 1.807) is 23.9 Å². The summed E-state index contributed by atoms with van der Waals surface area (Å²) in [5.41, 5.74) is 4.97. The molecule has 0 spiro atoms. The van der Waals surface area contributed by atoms with Gasteiger partial charge in [0, 0.05) is 22.2 Å².